The van der Waals surface area contributed by atoms with Gasteiger partial charge in [-0.15, -0.1) is 0 Å². The number of hydrogen-bond donors (Lipinski definition) is 1. The Hall–Kier alpha value is -2.17. The number of esters is 1. The third kappa shape index (κ3) is 7.68. The third-order valence-electron chi connectivity index (χ3n) is 5.92. The fraction of sp³-hybridized carbons (Fsp3) is 0.679. The van der Waals surface area contributed by atoms with Crippen LogP contribution in [-0.4, -0.2) is 22.6 Å². The van der Waals surface area contributed by atoms with Crippen LogP contribution in [0.4, 0.5) is 0 Å². The van der Waals surface area contributed by atoms with Crippen molar-refractivity contribution in [3.8, 4) is 0 Å². The minimum absolute atomic E-state index is 0.0347. The zero-order chi connectivity index (χ0) is 25.5. The number of ether oxygens (including phenoxy) is 1. The molecule has 0 fully saturated rings. The predicted molar refractivity (Wildman–Crippen MR) is 133 cm³/mol. The number of aliphatic hydroxyl groups excluding tert-OH is 1. The van der Waals surface area contributed by atoms with Crippen LogP contribution in [-0.2, 0) is 19.1 Å². The zero-order valence-electron chi connectivity index (χ0n) is 22.1. The smallest absolute Gasteiger partial charge is 0.310 e. The maximum Gasteiger partial charge on any atom is 0.310 e. The molecule has 0 radical (unpaired) electrons. The highest BCUT2D eigenvalue weighted by Gasteiger charge is 2.40. The predicted octanol–water partition coefficient (Wildman–Crippen LogP) is 7.03. The molecule has 33 heavy (non-hydrogen) atoms. The average molecular weight is 461 g/mol. The van der Waals surface area contributed by atoms with Gasteiger partial charge in [0.1, 0.15) is 11.3 Å². The van der Waals surface area contributed by atoms with Crippen molar-refractivity contribution in [3.63, 3.8) is 0 Å². The second kappa shape index (κ2) is 12.9. The molecule has 1 N–H and O–H groups in total. The molecule has 5 nitrogen and oxygen atoms in total. The Labute approximate surface area is 200 Å². The lowest BCUT2D eigenvalue weighted by molar-refractivity contribution is -0.139. The van der Waals surface area contributed by atoms with Gasteiger partial charge in [-0.3, -0.25) is 14.4 Å². The first-order chi connectivity index (χ1) is 15.3. The Morgan fingerprint density at radius 2 is 1.45 bits per heavy atom. The van der Waals surface area contributed by atoms with E-state index in [1.807, 2.05) is 6.92 Å². The molecule has 5 heteroatoms. The van der Waals surface area contributed by atoms with Gasteiger partial charge in [0.2, 0.25) is 5.78 Å². The van der Waals surface area contributed by atoms with Gasteiger partial charge >= 0.3 is 5.97 Å². The van der Waals surface area contributed by atoms with Gasteiger partial charge in [0, 0.05) is 17.9 Å². The van der Waals surface area contributed by atoms with E-state index in [4.69, 9.17) is 4.74 Å². The van der Waals surface area contributed by atoms with Crippen molar-refractivity contribution in [1.29, 1.82) is 0 Å². The highest BCUT2D eigenvalue weighted by molar-refractivity contribution is 6.29. The molecule has 1 aliphatic carbocycles. The molecule has 0 aliphatic heterocycles. The number of hydrogen-bond acceptors (Lipinski definition) is 5. The lowest BCUT2D eigenvalue weighted by Gasteiger charge is -2.27. The summed E-state index contributed by atoms with van der Waals surface area (Å²) in [5, 5.41) is 11.4. The summed E-state index contributed by atoms with van der Waals surface area (Å²) in [6, 6.07) is 0. The lowest BCUT2D eigenvalue weighted by Crippen LogP contribution is -2.30. The first-order valence-electron chi connectivity index (χ1n) is 12.5. The molecule has 1 atom stereocenters. The topological polar surface area (TPSA) is 80.7 Å². The van der Waals surface area contributed by atoms with Crippen molar-refractivity contribution in [2.24, 2.45) is 23.7 Å². The van der Waals surface area contributed by atoms with Crippen LogP contribution in [0.25, 0.3) is 0 Å². The Morgan fingerprint density at radius 1 is 0.909 bits per heavy atom. The number of allylic oxidation sites excluding steroid dienone is 4. The summed E-state index contributed by atoms with van der Waals surface area (Å²) < 4.78 is 5.60. The summed E-state index contributed by atoms with van der Waals surface area (Å²) in [5.74, 6) is -1.04. The van der Waals surface area contributed by atoms with Crippen LogP contribution in [0.5, 0.6) is 0 Å². The van der Waals surface area contributed by atoms with Crippen molar-refractivity contribution < 1.29 is 24.2 Å². The number of Topliss-reactive ketones (excluding diaryl/α,β-unsaturated/α-hetero) is 2. The van der Waals surface area contributed by atoms with E-state index in [1.165, 1.54) is 0 Å². The molecule has 1 unspecified atom stereocenters. The van der Waals surface area contributed by atoms with E-state index >= 15 is 0 Å². The van der Waals surface area contributed by atoms with Crippen molar-refractivity contribution in [2.75, 3.05) is 0 Å². The van der Waals surface area contributed by atoms with E-state index < -0.39 is 17.7 Å². The molecule has 0 aromatic rings. The largest absolute Gasteiger partial charge is 0.507 e. The van der Waals surface area contributed by atoms with Crippen LogP contribution in [0.1, 0.15) is 101 Å². The lowest BCUT2D eigenvalue weighted by atomic mass is 9.78. The van der Waals surface area contributed by atoms with Gasteiger partial charge < -0.3 is 9.84 Å². The summed E-state index contributed by atoms with van der Waals surface area (Å²) in [6.07, 6.45) is 3.11. The van der Waals surface area contributed by atoms with Crippen molar-refractivity contribution in [2.45, 2.75) is 101 Å². The molecule has 0 spiro atoms. The second-order valence-corrected chi connectivity index (χ2v) is 10.5. The minimum Gasteiger partial charge on any atom is -0.507 e. The van der Waals surface area contributed by atoms with E-state index in [9.17, 15) is 19.5 Å². The standard InChI is InChI=1S/C28H44O5/c1-10-19(9)25(30)24-27(32)23(20(14-17(5)6)15-18(7)8)26(31)21(13-12-16(3)4)28(24)33-22(29)11-2/h16-19,31H,10-15H2,1-9H3. The van der Waals surface area contributed by atoms with Crippen molar-refractivity contribution in [3.05, 3.63) is 33.8 Å². The molecule has 1 rings (SSSR count). The van der Waals surface area contributed by atoms with Crippen LogP contribution in [0, 0.1) is 23.7 Å². The first kappa shape index (κ1) is 28.9. The van der Waals surface area contributed by atoms with Gasteiger partial charge in [-0.2, -0.15) is 0 Å². The highest BCUT2D eigenvalue weighted by Crippen LogP contribution is 2.40. The van der Waals surface area contributed by atoms with Gasteiger partial charge in [0.25, 0.3) is 0 Å². The second-order valence-electron chi connectivity index (χ2n) is 10.5. The maximum atomic E-state index is 13.8. The van der Waals surface area contributed by atoms with Crippen molar-refractivity contribution >= 4 is 17.5 Å². The molecule has 0 saturated carbocycles. The Bertz CT molecular complexity index is 824. The fourth-order valence-corrected chi connectivity index (χ4v) is 3.97. The van der Waals surface area contributed by atoms with Crippen LogP contribution < -0.4 is 0 Å². The summed E-state index contributed by atoms with van der Waals surface area (Å²) in [6.45, 7) is 17.8. The minimum atomic E-state index is -0.529. The van der Waals surface area contributed by atoms with Crippen LogP contribution in [0.3, 0.4) is 0 Å². The summed E-state index contributed by atoms with van der Waals surface area (Å²) >= 11 is 0. The molecule has 0 saturated heterocycles. The molecule has 0 aromatic heterocycles. The molecule has 0 bridgehead atoms. The molecular weight excluding hydrogens is 416 g/mol. The fourth-order valence-electron chi connectivity index (χ4n) is 3.97. The SMILES string of the molecule is CCC(=O)OC1=C(C(=O)C(C)CC)C(=O)C(=C(CC(C)C)CC(C)C)C(O)=C1CCC(C)C. The number of aliphatic hydroxyl groups is 1. The number of ketones is 2. The summed E-state index contributed by atoms with van der Waals surface area (Å²) in [7, 11) is 0. The third-order valence-corrected chi connectivity index (χ3v) is 5.92. The molecule has 1 aliphatic rings. The molecule has 186 valence electrons. The van der Waals surface area contributed by atoms with E-state index in [0.29, 0.717) is 37.2 Å². The monoisotopic (exact) mass is 460 g/mol. The normalized spacial score (nSPS) is 15.8. The molecule has 0 aromatic carbocycles. The number of rotatable bonds is 12. The molecule has 0 heterocycles. The Morgan fingerprint density at radius 3 is 1.88 bits per heavy atom. The first-order valence-corrected chi connectivity index (χ1v) is 12.5. The van der Waals surface area contributed by atoms with E-state index in [2.05, 4.69) is 41.5 Å². The zero-order valence-corrected chi connectivity index (χ0v) is 22.1. The van der Waals surface area contributed by atoms with Crippen molar-refractivity contribution in [1.82, 2.24) is 0 Å². The van der Waals surface area contributed by atoms with Crippen LogP contribution in [0.2, 0.25) is 0 Å². The van der Waals surface area contributed by atoms with Gasteiger partial charge in [0.15, 0.2) is 11.5 Å². The number of carbonyl (C=O) groups excluding carboxylic acids is 3. The van der Waals surface area contributed by atoms with Gasteiger partial charge in [-0.05, 0) is 49.9 Å². The van der Waals surface area contributed by atoms with E-state index in [0.717, 1.165) is 12.0 Å². The van der Waals surface area contributed by atoms with Gasteiger partial charge in [0.05, 0.1) is 5.57 Å². The molecular formula is C28H44O5. The maximum absolute atomic E-state index is 13.8. The van der Waals surface area contributed by atoms with Gasteiger partial charge in [-0.25, -0.2) is 0 Å². The molecule has 0 amide bonds. The Balaban J connectivity index is 3.97. The average Bonchev–Trinajstić information content (AvgIpc) is 2.71. The van der Waals surface area contributed by atoms with E-state index in [-0.39, 0.29) is 46.7 Å². The van der Waals surface area contributed by atoms with E-state index in [1.54, 1.807) is 13.8 Å². The number of carbonyl (C=O) groups is 3. The Kier molecular flexibility index (Phi) is 11.3. The van der Waals surface area contributed by atoms with Gasteiger partial charge in [-0.1, -0.05) is 67.9 Å². The summed E-state index contributed by atoms with van der Waals surface area (Å²) in [4.78, 5) is 39.6. The quantitative estimate of drug-likeness (QED) is 0.192. The van der Waals surface area contributed by atoms with Crippen LogP contribution in [0.15, 0.2) is 33.8 Å². The summed E-state index contributed by atoms with van der Waals surface area (Å²) in [5.41, 5.74) is 1.42. The highest BCUT2D eigenvalue weighted by atomic mass is 16.5. The van der Waals surface area contributed by atoms with Crippen LogP contribution >= 0.6 is 0 Å².